The summed E-state index contributed by atoms with van der Waals surface area (Å²) in [5.41, 5.74) is 0.00425. The van der Waals surface area contributed by atoms with Crippen molar-refractivity contribution in [2.24, 2.45) is 5.92 Å². The van der Waals surface area contributed by atoms with Crippen LogP contribution in [0.3, 0.4) is 0 Å². The normalized spacial score (nSPS) is 14.8. The SMILES string of the molecule is CCNc1cc([N+](=O)[O-])cc(OCCC2CCC2)n1. The second-order valence-corrected chi connectivity index (χ2v) is 4.77. The minimum absolute atomic E-state index is 0.00425. The van der Waals surface area contributed by atoms with Crippen LogP contribution >= 0.6 is 0 Å². The molecule has 0 bridgehead atoms. The fourth-order valence-corrected chi connectivity index (χ4v) is 2.05. The van der Waals surface area contributed by atoms with E-state index < -0.39 is 4.92 Å². The molecule has 0 unspecified atom stereocenters. The van der Waals surface area contributed by atoms with E-state index in [-0.39, 0.29) is 5.69 Å². The Morgan fingerprint density at radius 2 is 2.32 bits per heavy atom. The molecule has 104 valence electrons. The topological polar surface area (TPSA) is 77.3 Å². The Hall–Kier alpha value is -1.85. The van der Waals surface area contributed by atoms with E-state index in [4.69, 9.17) is 4.74 Å². The molecule has 1 heterocycles. The third kappa shape index (κ3) is 3.81. The lowest BCUT2D eigenvalue weighted by atomic mass is 9.83. The molecule has 1 aliphatic carbocycles. The lowest BCUT2D eigenvalue weighted by Crippen LogP contribution is -2.15. The molecule has 0 saturated heterocycles. The van der Waals surface area contributed by atoms with Gasteiger partial charge in [-0.25, -0.2) is 0 Å². The van der Waals surface area contributed by atoms with Crippen molar-refractivity contribution in [3.8, 4) is 5.88 Å². The highest BCUT2D eigenvalue weighted by Gasteiger charge is 2.17. The molecule has 2 rings (SSSR count). The van der Waals surface area contributed by atoms with Crippen LogP contribution in [0, 0.1) is 16.0 Å². The molecule has 0 aromatic carbocycles. The van der Waals surface area contributed by atoms with Gasteiger partial charge in [-0.1, -0.05) is 19.3 Å². The molecule has 0 atom stereocenters. The predicted octanol–water partition coefficient (Wildman–Crippen LogP) is 2.99. The second kappa shape index (κ2) is 6.36. The van der Waals surface area contributed by atoms with Crippen molar-refractivity contribution >= 4 is 11.5 Å². The van der Waals surface area contributed by atoms with Crippen molar-refractivity contribution in [1.29, 1.82) is 0 Å². The molecule has 0 radical (unpaired) electrons. The van der Waals surface area contributed by atoms with Crippen LogP contribution in [-0.4, -0.2) is 23.1 Å². The fraction of sp³-hybridized carbons (Fsp3) is 0.615. The van der Waals surface area contributed by atoms with Gasteiger partial charge >= 0.3 is 0 Å². The van der Waals surface area contributed by atoms with Gasteiger partial charge in [-0.15, -0.1) is 0 Å². The van der Waals surface area contributed by atoms with Gasteiger partial charge < -0.3 is 10.1 Å². The van der Waals surface area contributed by atoms with Gasteiger partial charge in [0.25, 0.3) is 5.69 Å². The summed E-state index contributed by atoms with van der Waals surface area (Å²) >= 11 is 0. The molecule has 0 aliphatic heterocycles. The van der Waals surface area contributed by atoms with E-state index in [0.29, 0.717) is 24.8 Å². The van der Waals surface area contributed by atoms with Gasteiger partial charge in [-0.05, 0) is 19.3 Å². The van der Waals surface area contributed by atoms with Crippen molar-refractivity contribution in [2.45, 2.75) is 32.6 Å². The smallest absolute Gasteiger partial charge is 0.278 e. The highest BCUT2D eigenvalue weighted by atomic mass is 16.6. The molecule has 1 saturated carbocycles. The van der Waals surface area contributed by atoms with Crippen molar-refractivity contribution in [2.75, 3.05) is 18.5 Å². The van der Waals surface area contributed by atoms with Crippen LogP contribution in [0.25, 0.3) is 0 Å². The van der Waals surface area contributed by atoms with Crippen LogP contribution in [0.5, 0.6) is 5.88 Å². The van der Waals surface area contributed by atoms with E-state index in [0.717, 1.165) is 12.3 Å². The highest BCUT2D eigenvalue weighted by Crippen LogP contribution is 2.29. The lowest BCUT2D eigenvalue weighted by Gasteiger charge is -2.24. The molecule has 0 amide bonds. The fourth-order valence-electron chi connectivity index (χ4n) is 2.05. The number of anilines is 1. The lowest BCUT2D eigenvalue weighted by molar-refractivity contribution is -0.384. The van der Waals surface area contributed by atoms with Gasteiger partial charge in [0.15, 0.2) is 0 Å². The first-order valence-electron chi connectivity index (χ1n) is 6.72. The van der Waals surface area contributed by atoms with Crippen LogP contribution in [0.4, 0.5) is 11.5 Å². The Balaban J connectivity index is 1.98. The maximum Gasteiger partial charge on any atom is 0.278 e. The predicted molar refractivity (Wildman–Crippen MR) is 72.5 cm³/mol. The number of nitrogens with zero attached hydrogens (tertiary/aromatic N) is 2. The molecular weight excluding hydrogens is 246 g/mol. The number of pyridine rings is 1. The van der Waals surface area contributed by atoms with E-state index in [9.17, 15) is 10.1 Å². The number of rotatable bonds is 7. The minimum atomic E-state index is -0.429. The highest BCUT2D eigenvalue weighted by molar-refractivity contribution is 5.48. The Morgan fingerprint density at radius 3 is 2.89 bits per heavy atom. The first-order chi connectivity index (χ1) is 9.19. The van der Waals surface area contributed by atoms with E-state index in [1.165, 1.54) is 31.4 Å². The number of nitrogens with one attached hydrogen (secondary N) is 1. The van der Waals surface area contributed by atoms with Gasteiger partial charge in [0.05, 0.1) is 23.7 Å². The van der Waals surface area contributed by atoms with Crippen LogP contribution in [0.2, 0.25) is 0 Å². The molecular formula is C13H19N3O3. The summed E-state index contributed by atoms with van der Waals surface area (Å²) < 4.78 is 5.53. The van der Waals surface area contributed by atoms with Crippen LogP contribution in [0.15, 0.2) is 12.1 Å². The molecule has 1 fully saturated rings. The van der Waals surface area contributed by atoms with Crippen molar-refractivity contribution in [1.82, 2.24) is 4.98 Å². The van der Waals surface area contributed by atoms with Gasteiger partial charge in [-0.2, -0.15) is 4.98 Å². The molecule has 1 aromatic heterocycles. The van der Waals surface area contributed by atoms with Crippen molar-refractivity contribution in [3.63, 3.8) is 0 Å². The zero-order chi connectivity index (χ0) is 13.7. The largest absolute Gasteiger partial charge is 0.477 e. The van der Waals surface area contributed by atoms with E-state index in [1.54, 1.807) is 0 Å². The van der Waals surface area contributed by atoms with Gasteiger partial charge in [0.1, 0.15) is 5.82 Å². The number of aromatic nitrogens is 1. The summed E-state index contributed by atoms with van der Waals surface area (Å²) in [5, 5.41) is 13.8. The summed E-state index contributed by atoms with van der Waals surface area (Å²) in [6.45, 7) is 3.15. The number of nitro groups is 1. The van der Waals surface area contributed by atoms with Crippen LogP contribution < -0.4 is 10.1 Å². The maximum atomic E-state index is 10.8. The number of hydrogen-bond donors (Lipinski definition) is 1. The van der Waals surface area contributed by atoms with Crippen molar-refractivity contribution < 1.29 is 9.66 Å². The van der Waals surface area contributed by atoms with Gasteiger partial charge in [0.2, 0.25) is 5.88 Å². The molecule has 6 nitrogen and oxygen atoms in total. The zero-order valence-electron chi connectivity index (χ0n) is 11.1. The Labute approximate surface area is 112 Å². The number of ether oxygens (including phenoxy) is 1. The maximum absolute atomic E-state index is 10.8. The first kappa shape index (κ1) is 13.6. The zero-order valence-corrected chi connectivity index (χ0v) is 11.1. The summed E-state index contributed by atoms with van der Waals surface area (Å²) in [6, 6.07) is 2.80. The summed E-state index contributed by atoms with van der Waals surface area (Å²) in [5.74, 6) is 1.56. The number of hydrogen-bond acceptors (Lipinski definition) is 5. The third-order valence-electron chi connectivity index (χ3n) is 3.36. The molecule has 1 N–H and O–H groups in total. The molecule has 19 heavy (non-hydrogen) atoms. The first-order valence-corrected chi connectivity index (χ1v) is 6.72. The third-order valence-corrected chi connectivity index (χ3v) is 3.36. The van der Waals surface area contributed by atoms with Gasteiger partial charge in [-0.3, -0.25) is 10.1 Å². The van der Waals surface area contributed by atoms with Crippen LogP contribution in [-0.2, 0) is 0 Å². The summed E-state index contributed by atoms with van der Waals surface area (Å²) in [6.07, 6.45) is 4.86. The molecule has 6 heteroatoms. The molecule has 1 aliphatic rings. The molecule has 0 spiro atoms. The monoisotopic (exact) mass is 265 g/mol. The Kier molecular flexibility index (Phi) is 4.54. The standard InChI is InChI=1S/C13H19N3O3/c1-2-14-12-8-11(16(17)18)9-13(15-12)19-7-6-10-4-3-5-10/h8-10H,2-7H2,1H3,(H,14,15). The van der Waals surface area contributed by atoms with E-state index >= 15 is 0 Å². The quantitative estimate of drug-likeness (QED) is 0.605. The van der Waals surface area contributed by atoms with Crippen molar-refractivity contribution in [3.05, 3.63) is 22.2 Å². The van der Waals surface area contributed by atoms with Crippen LogP contribution in [0.1, 0.15) is 32.6 Å². The van der Waals surface area contributed by atoms with E-state index in [2.05, 4.69) is 10.3 Å². The summed E-state index contributed by atoms with van der Waals surface area (Å²) in [4.78, 5) is 14.6. The summed E-state index contributed by atoms with van der Waals surface area (Å²) in [7, 11) is 0. The Bertz CT molecular complexity index is 447. The van der Waals surface area contributed by atoms with E-state index in [1.807, 2.05) is 6.92 Å². The van der Waals surface area contributed by atoms with Gasteiger partial charge in [0, 0.05) is 6.54 Å². The Morgan fingerprint density at radius 1 is 1.53 bits per heavy atom. The molecule has 1 aromatic rings. The average molecular weight is 265 g/mol. The minimum Gasteiger partial charge on any atom is -0.477 e. The second-order valence-electron chi connectivity index (χ2n) is 4.77. The average Bonchev–Trinajstić information content (AvgIpc) is 2.32.